The summed E-state index contributed by atoms with van der Waals surface area (Å²) in [6, 6.07) is 3.26. The third-order valence-electron chi connectivity index (χ3n) is 4.34. The summed E-state index contributed by atoms with van der Waals surface area (Å²) in [7, 11) is 1.63. The van der Waals surface area contributed by atoms with Crippen LogP contribution in [-0.4, -0.2) is 50.3 Å². The lowest BCUT2D eigenvalue weighted by molar-refractivity contribution is -0.133. The van der Waals surface area contributed by atoms with E-state index in [0.717, 1.165) is 0 Å². The van der Waals surface area contributed by atoms with Crippen LogP contribution >= 0.6 is 0 Å². The number of hydrogen-bond donors (Lipinski definition) is 1. The Balaban J connectivity index is 1.83. The molecule has 0 spiro atoms. The molecule has 2 aromatic rings. The minimum absolute atomic E-state index is 0.00312. The number of nitrogens with zero attached hydrogens (tertiary/aromatic N) is 4. The maximum atomic E-state index is 12.8. The Kier molecular flexibility index (Phi) is 4.48. The zero-order valence-electron chi connectivity index (χ0n) is 14.0. The number of aryl methyl sites for hydroxylation is 2. The van der Waals surface area contributed by atoms with Gasteiger partial charge in [-0.3, -0.25) is 14.7 Å². The van der Waals surface area contributed by atoms with E-state index in [9.17, 15) is 9.59 Å². The second-order valence-corrected chi connectivity index (χ2v) is 6.06. The van der Waals surface area contributed by atoms with E-state index in [-0.39, 0.29) is 30.2 Å². The van der Waals surface area contributed by atoms with Crippen LogP contribution in [0.3, 0.4) is 0 Å². The second kappa shape index (κ2) is 6.56. The zero-order valence-corrected chi connectivity index (χ0v) is 14.0. The highest BCUT2D eigenvalue weighted by molar-refractivity contribution is 5.77. The van der Waals surface area contributed by atoms with Crippen molar-refractivity contribution in [1.82, 2.24) is 24.6 Å². The molecule has 0 aliphatic carbocycles. The number of carbonyl (C=O) groups excluding carboxylic acids is 1. The molecule has 0 aromatic carbocycles. The number of pyridine rings is 1. The van der Waals surface area contributed by atoms with Crippen LogP contribution in [0.5, 0.6) is 0 Å². The van der Waals surface area contributed by atoms with Crippen LogP contribution in [0.1, 0.15) is 29.7 Å². The van der Waals surface area contributed by atoms with Crippen molar-refractivity contribution in [2.24, 2.45) is 0 Å². The third-order valence-corrected chi connectivity index (χ3v) is 4.34. The van der Waals surface area contributed by atoms with Gasteiger partial charge in [0.05, 0.1) is 12.1 Å². The first kappa shape index (κ1) is 16.4. The number of rotatable bonds is 4. The van der Waals surface area contributed by atoms with Crippen LogP contribution in [0.15, 0.2) is 23.1 Å². The number of amides is 1. The van der Waals surface area contributed by atoms with Gasteiger partial charge in [-0.05, 0) is 19.9 Å². The Morgan fingerprint density at radius 3 is 2.92 bits per heavy atom. The Bertz CT molecular complexity index is 797. The molecule has 1 saturated heterocycles. The van der Waals surface area contributed by atoms with Crippen LogP contribution in [0.25, 0.3) is 0 Å². The number of aromatic nitrogens is 4. The summed E-state index contributed by atoms with van der Waals surface area (Å²) >= 11 is 0. The highest BCUT2D eigenvalue weighted by Gasteiger charge is 2.38. The van der Waals surface area contributed by atoms with Gasteiger partial charge in [0.2, 0.25) is 5.91 Å². The zero-order chi connectivity index (χ0) is 17.3. The van der Waals surface area contributed by atoms with Gasteiger partial charge in [-0.1, -0.05) is 6.07 Å². The number of nitrogens with one attached hydrogen (secondary N) is 1. The van der Waals surface area contributed by atoms with Gasteiger partial charge in [-0.15, -0.1) is 0 Å². The quantitative estimate of drug-likeness (QED) is 0.884. The van der Waals surface area contributed by atoms with Crippen LogP contribution < -0.4 is 5.56 Å². The van der Waals surface area contributed by atoms with Crippen molar-refractivity contribution in [3.05, 3.63) is 45.9 Å². The van der Waals surface area contributed by atoms with E-state index >= 15 is 0 Å². The largest absolute Gasteiger partial charge is 0.380 e. The van der Waals surface area contributed by atoms with Crippen molar-refractivity contribution in [1.29, 1.82) is 0 Å². The summed E-state index contributed by atoms with van der Waals surface area (Å²) in [5, 5.41) is 6.99. The first-order valence-corrected chi connectivity index (χ1v) is 7.87. The molecule has 0 saturated carbocycles. The summed E-state index contributed by atoms with van der Waals surface area (Å²) in [5.41, 5.74) is 0.460. The fraction of sp³-hybridized carbons (Fsp3) is 0.500. The van der Waals surface area contributed by atoms with Crippen molar-refractivity contribution < 1.29 is 9.53 Å². The number of methoxy groups -OCH3 is 1. The average molecular weight is 331 g/mol. The van der Waals surface area contributed by atoms with Crippen molar-refractivity contribution in [2.75, 3.05) is 13.7 Å². The number of ether oxygens (including phenoxy) is 1. The maximum absolute atomic E-state index is 12.8. The van der Waals surface area contributed by atoms with Gasteiger partial charge >= 0.3 is 0 Å². The van der Waals surface area contributed by atoms with E-state index in [4.69, 9.17) is 4.74 Å². The molecule has 24 heavy (non-hydrogen) atoms. The Labute approximate surface area is 139 Å². The normalized spacial score (nSPS) is 20.5. The molecule has 2 aromatic heterocycles. The first-order valence-electron chi connectivity index (χ1n) is 7.87. The van der Waals surface area contributed by atoms with E-state index < -0.39 is 0 Å². The summed E-state index contributed by atoms with van der Waals surface area (Å²) in [6.45, 7) is 4.02. The number of aromatic amines is 1. The molecule has 3 heterocycles. The Morgan fingerprint density at radius 1 is 1.46 bits per heavy atom. The molecule has 1 aliphatic heterocycles. The molecule has 8 heteroatoms. The lowest BCUT2D eigenvalue weighted by Gasteiger charge is -2.22. The van der Waals surface area contributed by atoms with Crippen molar-refractivity contribution >= 4 is 5.91 Å². The third kappa shape index (κ3) is 3.09. The van der Waals surface area contributed by atoms with Crippen LogP contribution in [0.4, 0.5) is 0 Å². The van der Waals surface area contributed by atoms with Crippen molar-refractivity contribution in [3.8, 4) is 0 Å². The Morgan fingerprint density at radius 2 is 2.25 bits per heavy atom. The fourth-order valence-electron chi connectivity index (χ4n) is 3.02. The van der Waals surface area contributed by atoms with Crippen LogP contribution in [0, 0.1) is 13.8 Å². The van der Waals surface area contributed by atoms with Gasteiger partial charge < -0.3 is 14.2 Å². The lowest BCUT2D eigenvalue weighted by atomic mass is 10.2. The predicted molar refractivity (Wildman–Crippen MR) is 86.4 cm³/mol. The molecular formula is C16H21N5O3. The highest BCUT2D eigenvalue weighted by Crippen LogP contribution is 2.31. The number of likely N-dealkylation sites (tertiary alicyclic amines) is 1. The molecule has 0 radical (unpaired) electrons. The van der Waals surface area contributed by atoms with Gasteiger partial charge in [0, 0.05) is 31.8 Å². The number of hydrogen-bond acceptors (Lipinski definition) is 5. The topological polar surface area (TPSA) is 93.1 Å². The van der Waals surface area contributed by atoms with Crippen molar-refractivity contribution in [2.45, 2.75) is 39.0 Å². The molecule has 2 atom stereocenters. The SMILES string of the molecule is CO[C@@H]1C[C@@H](c2n[nH]c(C)n2)N(C(=O)Cn2cccc(C)c2=O)C1. The molecular weight excluding hydrogens is 310 g/mol. The minimum Gasteiger partial charge on any atom is -0.380 e. The standard InChI is InChI=1S/C16H21N5O3/c1-10-5-4-6-20(16(10)23)9-14(22)21-8-12(24-3)7-13(21)15-17-11(2)18-19-15/h4-6,12-13H,7-9H2,1-3H3,(H,17,18,19)/t12-,13+/m1/s1. The summed E-state index contributed by atoms with van der Waals surface area (Å²) in [5.74, 6) is 1.14. The summed E-state index contributed by atoms with van der Waals surface area (Å²) in [4.78, 5) is 31.0. The van der Waals surface area contributed by atoms with Crippen LogP contribution in [0.2, 0.25) is 0 Å². The highest BCUT2D eigenvalue weighted by atomic mass is 16.5. The smallest absolute Gasteiger partial charge is 0.253 e. The summed E-state index contributed by atoms with van der Waals surface area (Å²) in [6.07, 6.45) is 2.21. The van der Waals surface area contributed by atoms with Crippen molar-refractivity contribution in [3.63, 3.8) is 0 Å². The van der Waals surface area contributed by atoms with E-state index in [1.54, 1.807) is 37.3 Å². The molecule has 1 aliphatic rings. The van der Waals surface area contributed by atoms with E-state index in [0.29, 0.717) is 30.2 Å². The van der Waals surface area contributed by atoms with Gasteiger partial charge in [0.1, 0.15) is 12.4 Å². The second-order valence-electron chi connectivity index (χ2n) is 6.06. The number of carbonyl (C=O) groups is 1. The maximum Gasteiger partial charge on any atom is 0.253 e. The molecule has 8 nitrogen and oxygen atoms in total. The average Bonchev–Trinajstić information content (AvgIpc) is 3.17. The van der Waals surface area contributed by atoms with E-state index in [1.165, 1.54) is 4.57 Å². The van der Waals surface area contributed by atoms with Gasteiger partial charge in [0.15, 0.2) is 5.82 Å². The predicted octanol–water partition coefficient (Wildman–Crippen LogP) is 0.572. The lowest BCUT2D eigenvalue weighted by Crippen LogP contribution is -2.37. The molecule has 3 rings (SSSR count). The molecule has 1 N–H and O–H groups in total. The van der Waals surface area contributed by atoms with Gasteiger partial charge in [-0.2, -0.15) is 5.10 Å². The fourth-order valence-corrected chi connectivity index (χ4v) is 3.02. The van der Waals surface area contributed by atoms with Gasteiger partial charge in [-0.25, -0.2) is 4.98 Å². The molecule has 1 amide bonds. The number of H-pyrrole nitrogens is 1. The molecule has 0 bridgehead atoms. The van der Waals surface area contributed by atoms with Crippen LogP contribution in [-0.2, 0) is 16.1 Å². The monoisotopic (exact) mass is 331 g/mol. The van der Waals surface area contributed by atoms with E-state index in [1.807, 2.05) is 6.92 Å². The molecule has 128 valence electrons. The van der Waals surface area contributed by atoms with E-state index in [2.05, 4.69) is 15.2 Å². The Hall–Kier alpha value is -2.48. The molecule has 0 unspecified atom stereocenters. The molecule has 1 fully saturated rings. The minimum atomic E-state index is -0.243. The first-order chi connectivity index (χ1) is 11.5. The van der Waals surface area contributed by atoms with Gasteiger partial charge in [0.25, 0.3) is 5.56 Å². The summed E-state index contributed by atoms with van der Waals surface area (Å²) < 4.78 is 6.84.